The first-order chi connectivity index (χ1) is 12.1. The highest BCUT2D eigenvalue weighted by Gasteiger charge is 2.38. The van der Waals surface area contributed by atoms with Crippen molar-refractivity contribution in [3.05, 3.63) is 60.2 Å². The summed E-state index contributed by atoms with van der Waals surface area (Å²) < 4.78 is 5.73. The molecule has 25 heavy (non-hydrogen) atoms. The highest BCUT2D eigenvalue weighted by atomic mass is 16.5. The number of rotatable bonds is 7. The summed E-state index contributed by atoms with van der Waals surface area (Å²) >= 11 is 0. The molecule has 130 valence electrons. The van der Waals surface area contributed by atoms with Crippen LogP contribution in [0, 0.1) is 5.41 Å². The molecular formula is C21H22O4. The van der Waals surface area contributed by atoms with E-state index in [1.807, 2.05) is 30.3 Å². The second-order valence-corrected chi connectivity index (χ2v) is 6.82. The zero-order valence-electron chi connectivity index (χ0n) is 14.1. The highest BCUT2D eigenvalue weighted by Crippen LogP contribution is 2.44. The Morgan fingerprint density at radius 3 is 2.08 bits per heavy atom. The average Bonchev–Trinajstić information content (AvgIpc) is 3.03. The number of hydrogen-bond acceptors (Lipinski definition) is 3. The van der Waals surface area contributed by atoms with Crippen molar-refractivity contribution < 1.29 is 19.4 Å². The Kier molecular flexibility index (Phi) is 5.17. The van der Waals surface area contributed by atoms with E-state index in [2.05, 4.69) is 0 Å². The number of Topliss-reactive ketones (excluding diaryl/α,β-unsaturated/α-hetero) is 1. The van der Waals surface area contributed by atoms with Gasteiger partial charge in [0.2, 0.25) is 0 Å². The largest absolute Gasteiger partial charge is 0.481 e. The summed E-state index contributed by atoms with van der Waals surface area (Å²) in [5, 5.41) is 9.17. The Morgan fingerprint density at radius 2 is 1.48 bits per heavy atom. The van der Waals surface area contributed by atoms with E-state index in [0.29, 0.717) is 17.7 Å². The molecule has 0 radical (unpaired) electrons. The molecule has 0 spiro atoms. The van der Waals surface area contributed by atoms with Gasteiger partial charge >= 0.3 is 5.97 Å². The summed E-state index contributed by atoms with van der Waals surface area (Å²) in [6.07, 6.45) is 4.03. The highest BCUT2D eigenvalue weighted by molar-refractivity contribution is 5.96. The Balaban J connectivity index is 1.67. The number of carbonyl (C=O) groups is 2. The minimum atomic E-state index is -0.818. The summed E-state index contributed by atoms with van der Waals surface area (Å²) in [5.41, 5.74) is 0.236. The SMILES string of the molecule is O=C(O)CC1(CC(=O)c2ccc(Oc3ccccc3)cc2)CCCC1. The van der Waals surface area contributed by atoms with Crippen molar-refractivity contribution in [2.75, 3.05) is 0 Å². The van der Waals surface area contributed by atoms with Crippen LogP contribution >= 0.6 is 0 Å². The molecule has 3 rings (SSSR count). The third kappa shape index (κ3) is 4.47. The van der Waals surface area contributed by atoms with Crippen LogP contribution < -0.4 is 4.74 Å². The van der Waals surface area contributed by atoms with Gasteiger partial charge in [-0.15, -0.1) is 0 Å². The van der Waals surface area contributed by atoms with Crippen molar-refractivity contribution in [1.82, 2.24) is 0 Å². The number of para-hydroxylation sites is 1. The fourth-order valence-electron chi connectivity index (χ4n) is 3.64. The number of carboxylic acids is 1. The van der Waals surface area contributed by atoms with E-state index in [1.54, 1.807) is 24.3 Å². The van der Waals surface area contributed by atoms with Gasteiger partial charge in [0.15, 0.2) is 5.78 Å². The van der Waals surface area contributed by atoms with Gasteiger partial charge in [-0.2, -0.15) is 0 Å². The van der Waals surface area contributed by atoms with Crippen molar-refractivity contribution in [1.29, 1.82) is 0 Å². The van der Waals surface area contributed by atoms with Gasteiger partial charge in [0.1, 0.15) is 11.5 Å². The topological polar surface area (TPSA) is 63.6 Å². The quantitative estimate of drug-likeness (QED) is 0.715. The Labute approximate surface area is 147 Å². The van der Waals surface area contributed by atoms with E-state index in [-0.39, 0.29) is 17.6 Å². The number of carboxylic acid groups (broad SMARTS) is 1. The van der Waals surface area contributed by atoms with Crippen LogP contribution in [0.4, 0.5) is 0 Å². The van der Waals surface area contributed by atoms with Crippen LogP contribution in [0.25, 0.3) is 0 Å². The molecule has 2 aromatic rings. The van der Waals surface area contributed by atoms with Crippen LogP contribution in [0.15, 0.2) is 54.6 Å². The lowest BCUT2D eigenvalue weighted by atomic mass is 9.77. The van der Waals surface area contributed by atoms with Gasteiger partial charge in [0, 0.05) is 12.0 Å². The molecule has 1 fully saturated rings. The van der Waals surface area contributed by atoms with Crippen molar-refractivity contribution in [2.24, 2.45) is 5.41 Å². The van der Waals surface area contributed by atoms with Crippen LogP contribution in [-0.2, 0) is 4.79 Å². The van der Waals surface area contributed by atoms with Crippen LogP contribution in [0.1, 0.15) is 48.9 Å². The van der Waals surface area contributed by atoms with Crippen LogP contribution in [0.2, 0.25) is 0 Å². The van der Waals surface area contributed by atoms with Gasteiger partial charge in [0.05, 0.1) is 6.42 Å². The van der Waals surface area contributed by atoms with Crippen LogP contribution in [0.5, 0.6) is 11.5 Å². The molecule has 0 unspecified atom stereocenters. The molecule has 0 atom stereocenters. The minimum absolute atomic E-state index is 0.00871. The lowest BCUT2D eigenvalue weighted by molar-refractivity contribution is -0.139. The molecule has 1 N–H and O–H groups in total. The summed E-state index contributed by atoms with van der Waals surface area (Å²) in [4.78, 5) is 23.8. The van der Waals surface area contributed by atoms with Crippen molar-refractivity contribution in [3.8, 4) is 11.5 Å². The molecular weight excluding hydrogens is 316 g/mol. The lowest BCUT2D eigenvalue weighted by Gasteiger charge is -2.26. The Morgan fingerprint density at radius 1 is 0.880 bits per heavy atom. The summed E-state index contributed by atoms with van der Waals surface area (Å²) in [7, 11) is 0. The smallest absolute Gasteiger partial charge is 0.303 e. The molecule has 0 aliphatic heterocycles. The molecule has 4 nitrogen and oxygen atoms in total. The normalized spacial score (nSPS) is 15.7. The zero-order chi connectivity index (χ0) is 17.7. The Bertz CT molecular complexity index is 728. The maximum atomic E-state index is 12.6. The van der Waals surface area contributed by atoms with E-state index in [4.69, 9.17) is 4.74 Å². The monoisotopic (exact) mass is 338 g/mol. The molecule has 4 heteroatoms. The first-order valence-corrected chi connectivity index (χ1v) is 8.64. The van der Waals surface area contributed by atoms with Crippen LogP contribution in [-0.4, -0.2) is 16.9 Å². The Hall–Kier alpha value is -2.62. The molecule has 1 aliphatic rings. The first kappa shape index (κ1) is 17.2. The summed E-state index contributed by atoms with van der Waals surface area (Å²) in [6, 6.07) is 16.5. The molecule has 1 saturated carbocycles. The number of ketones is 1. The summed E-state index contributed by atoms with van der Waals surface area (Å²) in [6.45, 7) is 0. The molecule has 1 aliphatic carbocycles. The molecule has 2 aromatic carbocycles. The number of benzene rings is 2. The van der Waals surface area contributed by atoms with Gasteiger partial charge in [-0.3, -0.25) is 9.59 Å². The number of carbonyl (C=O) groups excluding carboxylic acids is 1. The third-order valence-electron chi connectivity index (χ3n) is 4.88. The molecule has 0 amide bonds. The number of hydrogen-bond donors (Lipinski definition) is 1. The average molecular weight is 338 g/mol. The van der Waals surface area contributed by atoms with Gasteiger partial charge in [-0.25, -0.2) is 0 Å². The van der Waals surface area contributed by atoms with Gasteiger partial charge < -0.3 is 9.84 Å². The van der Waals surface area contributed by atoms with E-state index in [0.717, 1.165) is 31.4 Å². The van der Waals surface area contributed by atoms with E-state index >= 15 is 0 Å². The van der Waals surface area contributed by atoms with E-state index < -0.39 is 5.97 Å². The second kappa shape index (κ2) is 7.51. The fourth-order valence-corrected chi connectivity index (χ4v) is 3.64. The van der Waals surface area contributed by atoms with E-state index in [1.165, 1.54) is 0 Å². The first-order valence-electron chi connectivity index (χ1n) is 8.64. The van der Waals surface area contributed by atoms with Gasteiger partial charge in [-0.05, 0) is 54.7 Å². The second-order valence-electron chi connectivity index (χ2n) is 6.82. The molecule has 0 aromatic heterocycles. The standard InChI is InChI=1S/C21H22O4/c22-19(14-21(15-20(23)24)12-4-5-13-21)16-8-10-18(11-9-16)25-17-6-2-1-3-7-17/h1-3,6-11H,4-5,12-15H2,(H,23,24). The number of aliphatic carboxylic acids is 1. The van der Waals surface area contributed by atoms with Crippen LogP contribution in [0.3, 0.4) is 0 Å². The van der Waals surface area contributed by atoms with Crippen molar-refractivity contribution in [3.63, 3.8) is 0 Å². The summed E-state index contributed by atoms with van der Waals surface area (Å²) in [5.74, 6) is 0.604. The van der Waals surface area contributed by atoms with Gasteiger partial charge in [-0.1, -0.05) is 31.0 Å². The number of ether oxygens (including phenoxy) is 1. The molecule has 0 bridgehead atoms. The zero-order valence-corrected chi connectivity index (χ0v) is 14.1. The van der Waals surface area contributed by atoms with Crippen molar-refractivity contribution >= 4 is 11.8 Å². The lowest BCUT2D eigenvalue weighted by Crippen LogP contribution is -2.24. The maximum Gasteiger partial charge on any atom is 0.303 e. The molecule has 0 heterocycles. The van der Waals surface area contributed by atoms with Crippen molar-refractivity contribution in [2.45, 2.75) is 38.5 Å². The van der Waals surface area contributed by atoms with E-state index in [9.17, 15) is 14.7 Å². The maximum absolute atomic E-state index is 12.6. The molecule has 0 saturated heterocycles. The predicted molar refractivity (Wildman–Crippen MR) is 95.1 cm³/mol. The minimum Gasteiger partial charge on any atom is -0.481 e. The predicted octanol–water partition coefficient (Wildman–Crippen LogP) is 5.09. The van der Waals surface area contributed by atoms with Gasteiger partial charge in [0.25, 0.3) is 0 Å². The fraction of sp³-hybridized carbons (Fsp3) is 0.333. The third-order valence-corrected chi connectivity index (χ3v) is 4.88.